The van der Waals surface area contributed by atoms with Crippen LogP contribution in [0.3, 0.4) is 0 Å². The van der Waals surface area contributed by atoms with Crippen LogP contribution in [0.4, 0.5) is 11.6 Å². The van der Waals surface area contributed by atoms with Gasteiger partial charge < -0.3 is 15.0 Å². The van der Waals surface area contributed by atoms with E-state index in [9.17, 15) is 0 Å². The minimum atomic E-state index is 0.764. The maximum absolute atomic E-state index is 5.20. The molecule has 0 amide bonds. The van der Waals surface area contributed by atoms with Crippen molar-refractivity contribution in [1.82, 2.24) is 15.0 Å². The summed E-state index contributed by atoms with van der Waals surface area (Å²) in [7, 11) is 3.74. The molecule has 0 fully saturated rings. The highest BCUT2D eigenvalue weighted by Crippen LogP contribution is 2.16. The summed E-state index contributed by atoms with van der Waals surface area (Å²) < 4.78 is 5.20. The van der Waals surface area contributed by atoms with Crippen LogP contribution in [0.25, 0.3) is 0 Å². The number of anilines is 2. The van der Waals surface area contributed by atoms with Gasteiger partial charge in [0.15, 0.2) is 0 Å². The van der Waals surface area contributed by atoms with Crippen LogP contribution in [-0.2, 0) is 12.8 Å². The molecule has 6 heteroatoms. The van der Waals surface area contributed by atoms with Gasteiger partial charge in [0.25, 0.3) is 0 Å². The third kappa shape index (κ3) is 5.67. The summed E-state index contributed by atoms with van der Waals surface area (Å²) >= 11 is 0. The number of hydrogen-bond donors (Lipinski definition) is 1. The van der Waals surface area contributed by atoms with E-state index in [1.54, 1.807) is 7.11 Å². The Hall–Kier alpha value is -3.15. The second kappa shape index (κ2) is 9.69. The first-order chi connectivity index (χ1) is 13.6. The highest BCUT2D eigenvalue weighted by atomic mass is 16.5. The molecule has 3 aromatic rings. The number of pyridine rings is 1. The first kappa shape index (κ1) is 19.6. The van der Waals surface area contributed by atoms with E-state index in [0.717, 1.165) is 49.1 Å². The van der Waals surface area contributed by atoms with Gasteiger partial charge in [-0.15, -0.1) is 0 Å². The van der Waals surface area contributed by atoms with Gasteiger partial charge in [0.05, 0.1) is 7.11 Å². The predicted octanol–water partition coefficient (Wildman–Crippen LogP) is 3.52. The molecular weight excluding hydrogens is 350 g/mol. The van der Waals surface area contributed by atoms with E-state index in [1.165, 1.54) is 11.1 Å². The minimum Gasteiger partial charge on any atom is -0.497 e. The maximum Gasteiger partial charge on any atom is 0.134 e. The lowest BCUT2D eigenvalue weighted by molar-refractivity contribution is 0.414. The molecule has 2 aromatic heterocycles. The summed E-state index contributed by atoms with van der Waals surface area (Å²) in [4.78, 5) is 15.3. The van der Waals surface area contributed by atoms with Crippen molar-refractivity contribution in [2.45, 2.75) is 19.8 Å². The fourth-order valence-electron chi connectivity index (χ4n) is 2.93. The monoisotopic (exact) mass is 377 g/mol. The summed E-state index contributed by atoms with van der Waals surface area (Å²) in [5.41, 5.74) is 2.53. The van der Waals surface area contributed by atoms with Gasteiger partial charge in [0.1, 0.15) is 23.2 Å². The molecule has 0 bridgehead atoms. The van der Waals surface area contributed by atoms with Crippen LogP contribution in [-0.4, -0.2) is 42.2 Å². The van der Waals surface area contributed by atoms with Crippen LogP contribution in [0.1, 0.15) is 17.0 Å². The molecule has 0 aliphatic heterocycles. The standard InChI is InChI=1S/C22H27N5O/c1-17-25-21(24-14-10-18-4-6-20(28-3)7-5-18)16-22(26-17)27(2)15-11-19-8-12-23-13-9-19/h4-9,12-13,16H,10-11,14-15H2,1-3H3,(H,24,25,26). The van der Waals surface area contributed by atoms with Crippen LogP contribution >= 0.6 is 0 Å². The molecule has 0 unspecified atom stereocenters. The highest BCUT2D eigenvalue weighted by molar-refractivity contribution is 5.49. The van der Waals surface area contributed by atoms with E-state index in [-0.39, 0.29) is 0 Å². The number of benzene rings is 1. The highest BCUT2D eigenvalue weighted by Gasteiger charge is 2.07. The van der Waals surface area contributed by atoms with Gasteiger partial charge in [0.2, 0.25) is 0 Å². The molecule has 0 radical (unpaired) electrons. The first-order valence-electron chi connectivity index (χ1n) is 9.46. The van der Waals surface area contributed by atoms with Crippen molar-refractivity contribution in [3.8, 4) is 5.75 Å². The molecule has 1 aromatic carbocycles. The molecule has 0 atom stereocenters. The second-order valence-electron chi connectivity index (χ2n) is 6.71. The van der Waals surface area contributed by atoms with Crippen LogP contribution < -0.4 is 15.0 Å². The van der Waals surface area contributed by atoms with E-state index >= 15 is 0 Å². The van der Waals surface area contributed by atoms with Crippen LogP contribution in [0, 0.1) is 6.92 Å². The molecule has 1 N–H and O–H groups in total. The van der Waals surface area contributed by atoms with Crippen molar-refractivity contribution in [3.05, 3.63) is 71.8 Å². The number of hydrogen-bond acceptors (Lipinski definition) is 6. The maximum atomic E-state index is 5.20. The molecular formula is C22H27N5O. The van der Waals surface area contributed by atoms with Crippen molar-refractivity contribution >= 4 is 11.6 Å². The number of methoxy groups -OCH3 is 1. The number of nitrogens with zero attached hydrogens (tertiary/aromatic N) is 4. The molecule has 28 heavy (non-hydrogen) atoms. The number of likely N-dealkylation sites (N-methyl/N-ethyl adjacent to an activating group) is 1. The molecule has 0 saturated heterocycles. The predicted molar refractivity (Wildman–Crippen MR) is 113 cm³/mol. The Morgan fingerprint density at radius 3 is 2.39 bits per heavy atom. The van der Waals surface area contributed by atoms with Gasteiger partial charge in [0, 0.05) is 38.6 Å². The zero-order valence-electron chi connectivity index (χ0n) is 16.7. The number of ether oxygens (including phenoxy) is 1. The second-order valence-corrected chi connectivity index (χ2v) is 6.71. The number of nitrogens with one attached hydrogen (secondary N) is 1. The summed E-state index contributed by atoms with van der Waals surface area (Å²) in [6.45, 7) is 3.61. The van der Waals surface area contributed by atoms with Crippen LogP contribution in [0.5, 0.6) is 5.75 Å². The van der Waals surface area contributed by atoms with Crippen LogP contribution in [0.2, 0.25) is 0 Å². The number of rotatable bonds is 9. The Kier molecular flexibility index (Phi) is 6.78. The van der Waals surface area contributed by atoms with Crippen molar-refractivity contribution < 1.29 is 4.74 Å². The Balaban J connectivity index is 1.55. The van der Waals surface area contributed by atoms with Gasteiger partial charge in [-0.05, 0) is 55.2 Å². The quantitative estimate of drug-likeness (QED) is 0.616. The topological polar surface area (TPSA) is 63.2 Å². The van der Waals surface area contributed by atoms with Gasteiger partial charge in [-0.25, -0.2) is 9.97 Å². The molecule has 3 rings (SSSR count). The van der Waals surface area contributed by atoms with E-state index < -0.39 is 0 Å². The van der Waals surface area contributed by atoms with E-state index in [2.05, 4.69) is 44.3 Å². The Morgan fingerprint density at radius 2 is 1.68 bits per heavy atom. The lowest BCUT2D eigenvalue weighted by Gasteiger charge is -2.19. The van der Waals surface area contributed by atoms with Gasteiger partial charge in [-0.3, -0.25) is 4.98 Å². The zero-order chi connectivity index (χ0) is 19.8. The lowest BCUT2D eigenvalue weighted by Crippen LogP contribution is -2.22. The van der Waals surface area contributed by atoms with Gasteiger partial charge in [-0.1, -0.05) is 12.1 Å². The summed E-state index contributed by atoms with van der Waals surface area (Å²) in [6.07, 6.45) is 5.52. The Morgan fingerprint density at radius 1 is 0.964 bits per heavy atom. The summed E-state index contributed by atoms with van der Waals surface area (Å²) in [5.74, 6) is 3.42. The molecule has 0 aliphatic rings. The largest absolute Gasteiger partial charge is 0.497 e. The average molecular weight is 377 g/mol. The van der Waals surface area contributed by atoms with Crippen molar-refractivity contribution in [3.63, 3.8) is 0 Å². The lowest BCUT2D eigenvalue weighted by atomic mass is 10.1. The molecule has 6 nitrogen and oxygen atoms in total. The molecule has 0 saturated carbocycles. The zero-order valence-corrected chi connectivity index (χ0v) is 16.7. The molecule has 0 spiro atoms. The fraction of sp³-hybridized carbons (Fsp3) is 0.318. The normalized spacial score (nSPS) is 10.5. The van der Waals surface area contributed by atoms with Crippen LogP contribution in [0.15, 0.2) is 54.9 Å². The molecule has 2 heterocycles. The van der Waals surface area contributed by atoms with Crippen molar-refractivity contribution in [1.29, 1.82) is 0 Å². The Labute approximate surface area is 166 Å². The SMILES string of the molecule is COc1ccc(CCNc2cc(N(C)CCc3ccncc3)nc(C)n2)cc1. The third-order valence-corrected chi connectivity index (χ3v) is 4.58. The first-order valence-corrected chi connectivity index (χ1v) is 9.46. The minimum absolute atomic E-state index is 0.764. The third-order valence-electron chi connectivity index (χ3n) is 4.58. The van der Waals surface area contributed by atoms with Gasteiger partial charge >= 0.3 is 0 Å². The Bertz CT molecular complexity index is 868. The summed E-state index contributed by atoms with van der Waals surface area (Å²) in [6, 6.07) is 14.2. The summed E-state index contributed by atoms with van der Waals surface area (Å²) in [5, 5.41) is 3.41. The number of aromatic nitrogens is 3. The van der Waals surface area contributed by atoms with Crippen molar-refractivity contribution in [2.75, 3.05) is 37.5 Å². The van der Waals surface area contributed by atoms with Gasteiger partial charge in [-0.2, -0.15) is 0 Å². The van der Waals surface area contributed by atoms with E-state index in [0.29, 0.717) is 0 Å². The molecule has 146 valence electrons. The van der Waals surface area contributed by atoms with Crippen molar-refractivity contribution in [2.24, 2.45) is 0 Å². The van der Waals surface area contributed by atoms with E-state index in [4.69, 9.17) is 4.74 Å². The fourth-order valence-corrected chi connectivity index (χ4v) is 2.93. The smallest absolute Gasteiger partial charge is 0.134 e. The van der Waals surface area contributed by atoms with E-state index in [1.807, 2.05) is 49.6 Å². The number of aryl methyl sites for hydroxylation is 1. The average Bonchev–Trinajstić information content (AvgIpc) is 2.73. The molecule has 0 aliphatic carbocycles.